The number of nitrogens with zero attached hydrogens (tertiary/aromatic N) is 3. The lowest BCUT2D eigenvalue weighted by molar-refractivity contribution is -0.337. The summed E-state index contributed by atoms with van der Waals surface area (Å²) in [5, 5.41) is 0.417. The maximum atomic E-state index is 13.1. The molecule has 3 fully saturated rings. The molecule has 0 spiro atoms. The van der Waals surface area contributed by atoms with Crippen molar-refractivity contribution in [2.24, 2.45) is 12.5 Å². The van der Waals surface area contributed by atoms with Crippen LogP contribution in [-0.2, 0) is 12.5 Å². The molecule has 4 nitrogen and oxygen atoms in total. The van der Waals surface area contributed by atoms with E-state index >= 15 is 0 Å². The summed E-state index contributed by atoms with van der Waals surface area (Å²) in [6.45, 7) is 1.68. The topological polar surface area (TPSA) is 47.8 Å². The summed E-state index contributed by atoms with van der Waals surface area (Å²) in [4.78, 5) is 21.0. The zero-order chi connectivity index (χ0) is 16.8. The van der Waals surface area contributed by atoms with Gasteiger partial charge >= 0.3 is 6.18 Å². The van der Waals surface area contributed by atoms with Crippen LogP contribution in [0.2, 0.25) is 5.15 Å². The molecule has 2 aromatic heterocycles. The number of fused-ring (bicyclic) bond motifs is 1. The normalized spacial score (nSPS) is 29.3. The molecule has 8 heteroatoms. The Morgan fingerprint density at radius 2 is 1.87 bits per heavy atom. The van der Waals surface area contributed by atoms with Crippen LogP contribution in [0.25, 0.3) is 10.9 Å². The highest BCUT2D eigenvalue weighted by molar-refractivity contribution is 6.30. The zero-order valence-corrected chi connectivity index (χ0v) is 13.2. The molecule has 3 saturated carbocycles. The minimum atomic E-state index is -4.19. The highest BCUT2D eigenvalue weighted by Crippen LogP contribution is 2.78. The van der Waals surface area contributed by atoms with Gasteiger partial charge in [0.2, 0.25) is 0 Å². The molecule has 122 valence electrons. The number of aromatic nitrogens is 3. The molecule has 0 saturated heterocycles. The molecule has 0 amide bonds. The molecule has 0 N–H and O–H groups in total. The average Bonchev–Trinajstić information content (AvgIpc) is 2.32. The van der Waals surface area contributed by atoms with E-state index in [4.69, 9.17) is 11.6 Å². The Balaban J connectivity index is 1.89. The van der Waals surface area contributed by atoms with Gasteiger partial charge in [-0.25, -0.2) is 9.97 Å². The molecule has 0 atom stereocenters. The van der Waals surface area contributed by atoms with E-state index in [0.717, 1.165) is 0 Å². The van der Waals surface area contributed by atoms with Crippen LogP contribution in [0.5, 0.6) is 0 Å². The summed E-state index contributed by atoms with van der Waals surface area (Å²) in [7, 11) is 1.60. The minimum absolute atomic E-state index is 0.00186. The van der Waals surface area contributed by atoms with Gasteiger partial charge in [0.25, 0.3) is 5.56 Å². The fraction of sp³-hybridized carbons (Fsp3) is 0.533. The second-order valence-corrected chi connectivity index (χ2v) is 7.19. The molecule has 2 bridgehead atoms. The lowest BCUT2D eigenvalue weighted by atomic mass is 9.34. The average molecular weight is 344 g/mol. The van der Waals surface area contributed by atoms with Crippen molar-refractivity contribution in [3.8, 4) is 0 Å². The first-order valence-corrected chi connectivity index (χ1v) is 7.58. The van der Waals surface area contributed by atoms with Crippen molar-refractivity contribution in [1.82, 2.24) is 14.5 Å². The second-order valence-electron chi connectivity index (χ2n) is 6.80. The van der Waals surface area contributed by atoms with Gasteiger partial charge in [-0.2, -0.15) is 13.2 Å². The Hall–Kier alpha value is -1.63. The van der Waals surface area contributed by atoms with Crippen LogP contribution in [0.15, 0.2) is 10.9 Å². The Morgan fingerprint density at radius 1 is 1.26 bits per heavy atom. The van der Waals surface area contributed by atoms with E-state index in [9.17, 15) is 18.0 Å². The number of aryl methyl sites for hydroxylation is 1. The first kappa shape index (κ1) is 14.9. The van der Waals surface area contributed by atoms with Crippen LogP contribution in [0, 0.1) is 12.3 Å². The SMILES string of the molecule is Cc1nc2c(C34CC(C(F)(F)F)(C3)C4)nc(Cl)cc2c(=O)n1C. The highest BCUT2D eigenvalue weighted by Gasteiger charge is 2.79. The summed E-state index contributed by atoms with van der Waals surface area (Å²) >= 11 is 6.01. The van der Waals surface area contributed by atoms with Crippen molar-refractivity contribution < 1.29 is 13.2 Å². The number of pyridine rings is 1. The Kier molecular flexibility index (Phi) is 2.64. The van der Waals surface area contributed by atoms with Gasteiger partial charge in [-0.05, 0) is 32.3 Å². The van der Waals surface area contributed by atoms with Crippen LogP contribution < -0.4 is 5.56 Å². The van der Waals surface area contributed by atoms with E-state index in [-0.39, 0.29) is 30.0 Å². The predicted octanol–water partition coefficient (Wildman–Crippen LogP) is 3.27. The molecule has 2 heterocycles. The number of hydrogen-bond acceptors (Lipinski definition) is 3. The monoisotopic (exact) mass is 343 g/mol. The van der Waals surface area contributed by atoms with E-state index < -0.39 is 17.0 Å². The van der Waals surface area contributed by atoms with Crippen LogP contribution in [0.4, 0.5) is 13.2 Å². The van der Waals surface area contributed by atoms with E-state index in [0.29, 0.717) is 22.4 Å². The summed E-state index contributed by atoms with van der Waals surface area (Å²) < 4.78 is 40.6. The molecule has 2 aromatic rings. The molecule has 3 aliphatic rings. The molecule has 5 rings (SSSR count). The van der Waals surface area contributed by atoms with Gasteiger partial charge in [-0.15, -0.1) is 0 Å². The molecule has 0 aromatic carbocycles. The van der Waals surface area contributed by atoms with Crippen LogP contribution in [-0.4, -0.2) is 20.7 Å². The summed E-state index contributed by atoms with van der Waals surface area (Å²) in [6, 6.07) is 1.43. The van der Waals surface area contributed by atoms with Crippen molar-refractivity contribution in [1.29, 1.82) is 0 Å². The largest absolute Gasteiger partial charge is 0.394 e. The maximum absolute atomic E-state index is 13.1. The number of alkyl halides is 3. The molecule has 0 unspecified atom stereocenters. The quantitative estimate of drug-likeness (QED) is 0.747. The minimum Gasteiger partial charge on any atom is -0.299 e. The summed E-state index contributed by atoms with van der Waals surface area (Å²) in [6.07, 6.45) is -4.19. The van der Waals surface area contributed by atoms with Gasteiger partial charge < -0.3 is 0 Å². The van der Waals surface area contributed by atoms with Gasteiger partial charge in [0.05, 0.1) is 16.5 Å². The fourth-order valence-corrected chi connectivity index (χ4v) is 4.25. The van der Waals surface area contributed by atoms with E-state index in [1.807, 2.05) is 0 Å². The van der Waals surface area contributed by atoms with E-state index in [1.165, 1.54) is 10.6 Å². The van der Waals surface area contributed by atoms with Gasteiger partial charge in [-0.1, -0.05) is 11.6 Å². The number of hydrogen-bond donors (Lipinski definition) is 0. The lowest BCUT2D eigenvalue weighted by Crippen LogP contribution is -2.70. The third-order valence-corrected chi connectivity index (χ3v) is 5.58. The first-order chi connectivity index (χ1) is 10.6. The van der Waals surface area contributed by atoms with Crippen LogP contribution >= 0.6 is 11.6 Å². The van der Waals surface area contributed by atoms with Crippen LogP contribution in [0.1, 0.15) is 30.8 Å². The number of rotatable bonds is 1. The second kappa shape index (κ2) is 4.06. The standard InChI is InChI=1S/C15H13ClF3N3O/c1-7-20-10-8(12(23)22(7)2)3-9(16)21-11(10)13-4-14(5-13,6-13)15(17,18)19/h3H,4-6H2,1-2H3. The molecule has 0 radical (unpaired) electrons. The lowest BCUT2D eigenvalue weighted by Gasteiger charge is -2.70. The Morgan fingerprint density at radius 3 is 2.43 bits per heavy atom. The Labute approximate surface area is 134 Å². The molecular formula is C15H13ClF3N3O. The fourth-order valence-electron chi connectivity index (χ4n) is 4.06. The van der Waals surface area contributed by atoms with Crippen LogP contribution in [0.3, 0.4) is 0 Å². The molecular weight excluding hydrogens is 331 g/mol. The van der Waals surface area contributed by atoms with E-state index in [2.05, 4.69) is 9.97 Å². The molecule has 0 aliphatic heterocycles. The Bertz CT molecular complexity index is 899. The molecule has 23 heavy (non-hydrogen) atoms. The third kappa shape index (κ3) is 1.71. The summed E-state index contributed by atoms with van der Waals surface area (Å²) in [5.74, 6) is 0.491. The maximum Gasteiger partial charge on any atom is 0.394 e. The highest BCUT2D eigenvalue weighted by atomic mass is 35.5. The molecule has 3 aliphatic carbocycles. The predicted molar refractivity (Wildman–Crippen MR) is 78.5 cm³/mol. The third-order valence-electron chi connectivity index (χ3n) is 5.39. The first-order valence-electron chi connectivity index (χ1n) is 7.20. The van der Waals surface area contributed by atoms with Gasteiger partial charge in [0.15, 0.2) is 0 Å². The van der Waals surface area contributed by atoms with Crippen molar-refractivity contribution in [2.75, 3.05) is 0 Å². The van der Waals surface area contributed by atoms with Crippen molar-refractivity contribution in [3.05, 3.63) is 33.1 Å². The smallest absolute Gasteiger partial charge is 0.299 e. The summed E-state index contributed by atoms with van der Waals surface area (Å²) in [5.41, 5.74) is -1.68. The van der Waals surface area contributed by atoms with Gasteiger partial charge in [0.1, 0.15) is 16.5 Å². The zero-order valence-electron chi connectivity index (χ0n) is 12.5. The van der Waals surface area contributed by atoms with Crippen molar-refractivity contribution in [3.63, 3.8) is 0 Å². The van der Waals surface area contributed by atoms with E-state index in [1.54, 1.807) is 14.0 Å². The van der Waals surface area contributed by atoms with Crippen molar-refractivity contribution >= 4 is 22.5 Å². The number of halogens is 4. The van der Waals surface area contributed by atoms with Crippen molar-refractivity contribution in [2.45, 2.75) is 37.8 Å². The van der Waals surface area contributed by atoms with Gasteiger partial charge in [-0.3, -0.25) is 9.36 Å². The van der Waals surface area contributed by atoms with Gasteiger partial charge in [0, 0.05) is 12.5 Å².